The highest BCUT2D eigenvalue weighted by Gasteiger charge is 1.95. The third-order valence-corrected chi connectivity index (χ3v) is 2.92. The van der Waals surface area contributed by atoms with Crippen molar-refractivity contribution in [2.24, 2.45) is 11.5 Å². The molecule has 0 radical (unpaired) electrons. The maximum Gasteiger partial charge on any atom is 0.0184 e. The quantitative estimate of drug-likeness (QED) is 0.805. The SMILES string of the molecule is NCc1cccc(/C=C\c2ccccc2CN)c1. The van der Waals surface area contributed by atoms with Gasteiger partial charge in [-0.1, -0.05) is 60.7 Å². The Morgan fingerprint density at radius 2 is 1.67 bits per heavy atom. The fourth-order valence-corrected chi connectivity index (χ4v) is 1.89. The van der Waals surface area contributed by atoms with Crippen molar-refractivity contribution in [3.05, 3.63) is 70.8 Å². The highest BCUT2D eigenvalue weighted by Crippen LogP contribution is 2.13. The van der Waals surface area contributed by atoms with Gasteiger partial charge >= 0.3 is 0 Å². The topological polar surface area (TPSA) is 52.0 Å². The lowest BCUT2D eigenvalue weighted by atomic mass is 10.1. The van der Waals surface area contributed by atoms with Crippen molar-refractivity contribution in [2.45, 2.75) is 13.1 Å². The fourth-order valence-electron chi connectivity index (χ4n) is 1.89. The molecule has 2 rings (SSSR count). The minimum absolute atomic E-state index is 0.559. The maximum atomic E-state index is 5.71. The predicted molar refractivity (Wildman–Crippen MR) is 77.6 cm³/mol. The van der Waals surface area contributed by atoms with E-state index in [1.54, 1.807) is 0 Å². The first-order valence-corrected chi connectivity index (χ1v) is 6.08. The van der Waals surface area contributed by atoms with E-state index in [1.807, 2.05) is 24.3 Å². The van der Waals surface area contributed by atoms with E-state index in [1.165, 1.54) is 0 Å². The fraction of sp³-hybridized carbons (Fsp3) is 0.125. The first kappa shape index (κ1) is 12.6. The third-order valence-electron chi connectivity index (χ3n) is 2.92. The summed E-state index contributed by atoms with van der Waals surface area (Å²) in [6.07, 6.45) is 4.19. The van der Waals surface area contributed by atoms with Crippen molar-refractivity contribution in [3.63, 3.8) is 0 Å². The molecule has 18 heavy (non-hydrogen) atoms. The van der Waals surface area contributed by atoms with Crippen LogP contribution in [0, 0.1) is 0 Å². The van der Waals surface area contributed by atoms with Gasteiger partial charge in [-0.25, -0.2) is 0 Å². The van der Waals surface area contributed by atoms with Crippen LogP contribution < -0.4 is 11.5 Å². The summed E-state index contributed by atoms with van der Waals surface area (Å²) in [6.45, 7) is 1.13. The molecular formula is C16H18N2. The summed E-state index contributed by atoms with van der Waals surface area (Å²) in [4.78, 5) is 0. The number of nitrogens with two attached hydrogens (primary N) is 2. The molecule has 0 unspecified atom stereocenters. The Balaban J connectivity index is 2.24. The summed E-state index contributed by atoms with van der Waals surface area (Å²) in [5.41, 5.74) is 16.0. The first-order chi connectivity index (χ1) is 8.83. The lowest BCUT2D eigenvalue weighted by Gasteiger charge is -2.02. The molecule has 92 valence electrons. The van der Waals surface area contributed by atoms with Gasteiger partial charge in [-0.05, 0) is 22.3 Å². The van der Waals surface area contributed by atoms with Crippen LogP contribution in [0.3, 0.4) is 0 Å². The van der Waals surface area contributed by atoms with Crippen LogP contribution in [0.2, 0.25) is 0 Å². The van der Waals surface area contributed by atoms with Crippen molar-refractivity contribution in [3.8, 4) is 0 Å². The zero-order chi connectivity index (χ0) is 12.8. The van der Waals surface area contributed by atoms with Crippen LogP contribution in [-0.4, -0.2) is 0 Å². The minimum Gasteiger partial charge on any atom is -0.326 e. The molecule has 0 saturated heterocycles. The Kier molecular flexibility index (Phi) is 4.29. The van der Waals surface area contributed by atoms with Gasteiger partial charge < -0.3 is 11.5 Å². The number of hydrogen-bond acceptors (Lipinski definition) is 2. The van der Waals surface area contributed by atoms with E-state index in [-0.39, 0.29) is 0 Å². The van der Waals surface area contributed by atoms with Gasteiger partial charge in [0.1, 0.15) is 0 Å². The van der Waals surface area contributed by atoms with Gasteiger partial charge in [0.05, 0.1) is 0 Å². The highest BCUT2D eigenvalue weighted by molar-refractivity contribution is 5.71. The highest BCUT2D eigenvalue weighted by atomic mass is 14.5. The third kappa shape index (κ3) is 3.06. The van der Waals surface area contributed by atoms with E-state index in [2.05, 4.69) is 36.4 Å². The second-order valence-corrected chi connectivity index (χ2v) is 4.19. The molecule has 2 heteroatoms. The number of rotatable bonds is 4. The molecule has 0 fully saturated rings. The summed E-state index contributed by atoms with van der Waals surface area (Å²) >= 11 is 0. The van der Waals surface area contributed by atoms with E-state index < -0.39 is 0 Å². The van der Waals surface area contributed by atoms with Crippen molar-refractivity contribution in [1.29, 1.82) is 0 Å². The summed E-state index contributed by atoms with van der Waals surface area (Å²) in [7, 11) is 0. The predicted octanol–water partition coefficient (Wildman–Crippen LogP) is 2.77. The van der Waals surface area contributed by atoms with Crippen LogP contribution in [0.25, 0.3) is 12.2 Å². The van der Waals surface area contributed by atoms with Gasteiger partial charge in [0.15, 0.2) is 0 Å². The molecule has 0 heterocycles. The van der Waals surface area contributed by atoms with Crippen molar-refractivity contribution < 1.29 is 0 Å². The summed E-state index contributed by atoms with van der Waals surface area (Å²) in [5.74, 6) is 0. The van der Waals surface area contributed by atoms with Crippen LogP contribution in [0.4, 0.5) is 0 Å². The Morgan fingerprint density at radius 1 is 0.833 bits per heavy atom. The first-order valence-electron chi connectivity index (χ1n) is 6.08. The Morgan fingerprint density at radius 3 is 2.44 bits per heavy atom. The average Bonchev–Trinajstić information content (AvgIpc) is 2.45. The van der Waals surface area contributed by atoms with Gasteiger partial charge in [-0.2, -0.15) is 0 Å². The van der Waals surface area contributed by atoms with Crippen molar-refractivity contribution in [1.82, 2.24) is 0 Å². The maximum absolute atomic E-state index is 5.71. The van der Waals surface area contributed by atoms with Crippen LogP contribution in [0.15, 0.2) is 48.5 Å². The van der Waals surface area contributed by atoms with Crippen LogP contribution in [-0.2, 0) is 13.1 Å². The molecule has 0 atom stereocenters. The Hall–Kier alpha value is -1.90. The molecule has 2 aromatic carbocycles. The van der Waals surface area contributed by atoms with Gasteiger partial charge in [0.2, 0.25) is 0 Å². The lowest BCUT2D eigenvalue weighted by Crippen LogP contribution is -1.98. The molecule has 2 nitrogen and oxygen atoms in total. The molecule has 0 aliphatic rings. The zero-order valence-corrected chi connectivity index (χ0v) is 10.3. The zero-order valence-electron chi connectivity index (χ0n) is 10.3. The molecule has 2 aromatic rings. The molecular weight excluding hydrogens is 220 g/mol. The second kappa shape index (κ2) is 6.15. The molecule has 0 spiro atoms. The molecule has 0 bridgehead atoms. The van der Waals surface area contributed by atoms with Gasteiger partial charge in [0, 0.05) is 13.1 Å². The van der Waals surface area contributed by atoms with E-state index in [0.29, 0.717) is 13.1 Å². The molecule has 0 saturated carbocycles. The van der Waals surface area contributed by atoms with E-state index in [9.17, 15) is 0 Å². The Bertz CT molecular complexity index is 544. The summed E-state index contributed by atoms with van der Waals surface area (Å²) in [6, 6.07) is 16.4. The van der Waals surface area contributed by atoms with E-state index in [0.717, 1.165) is 22.3 Å². The van der Waals surface area contributed by atoms with Crippen molar-refractivity contribution in [2.75, 3.05) is 0 Å². The second-order valence-electron chi connectivity index (χ2n) is 4.19. The van der Waals surface area contributed by atoms with E-state index in [4.69, 9.17) is 11.5 Å². The molecule has 0 amide bonds. The standard InChI is InChI=1S/C16H18N2/c17-11-14-5-3-4-13(10-14)8-9-15-6-1-2-7-16(15)12-18/h1-10H,11-12,17-18H2/b9-8-. The van der Waals surface area contributed by atoms with Crippen LogP contribution in [0.5, 0.6) is 0 Å². The monoisotopic (exact) mass is 238 g/mol. The number of hydrogen-bond donors (Lipinski definition) is 2. The van der Waals surface area contributed by atoms with Gasteiger partial charge in [-0.15, -0.1) is 0 Å². The minimum atomic E-state index is 0.559. The van der Waals surface area contributed by atoms with Crippen LogP contribution in [0.1, 0.15) is 22.3 Å². The van der Waals surface area contributed by atoms with E-state index >= 15 is 0 Å². The summed E-state index contributed by atoms with van der Waals surface area (Å²) < 4.78 is 0. The van der Waals surface area contributed by atoms with Gasteiger partial charge in [0.25, 0.3) is 0 Å². The normalized spacial score (nSPS) is 11.0. The van der Waals surface area contributed by atoms with Crippen LogP contribution >= 0.6 is 0 Å². The molecule has 0 aromatic heterocycles. The average molecular weight is 238 g/mol. The Labute approximate surface area is 108 Å². The molecule has 0 aliphatic heterocycles. The van der Waals surface area contributed by atoms with Crippen molar-refractivity contribution >= 4 is 12.2 Å². The summed E-state index contributed by atoms with van der Waals surface area (Å²) in [5, 5.41) is 0. The lowest BCUT2D eigenvalue weighted by molar-refractivity contribution is 1.07. The molecule has 0 aliphatic carbocycles. The largest absolute Gasteiger partial charge is 0.326 e. The van der Waals surface area contributed by atoms with Gasteiger partial charge in [-0.3, -0.25) is 0 Å². The molecule has 4 N–H and O–H groups in total. The number of benzene rings is 2. The smallest absolute Gasteiger partial charge is 0.0184 e.